The number of furan rings is 2. The van der Waals surface area contributed by atoms with Crippen LogP contribution in [0.15, 0.2) is 185 Å². The van der Waals surface area contributed by atoms with Crippen LogP contribution in [0.4, 0.5) is 0 Å². The predicted molar refractivity (Wildman–Crippen MR) is 244 cm³/mol. The summed E-state index contributed by atoms with van der Waals surface area (Å²) in [6, 6.07) is 61.4. The Morgan fingerprint density at radius 3 is 1.95 bits per heavy atom. The van der Waals surface area contributed by atoms with E-state index in [1.807, 2.05) is 47.7 Å². The van der Waals surface area contributed by atoms with E-state index in [9.17, 15) is 0 Å². The molecule has 0 unspecified atom stereocenters. The molecule has 0 fully saturated rings. The molecule has 4 heterocycles. The highest BCUT2D eigenvalue weighted by atomic mass is 32.1. The average molecular weight is 772 g/mol. The summed E-state index contributed by atoms with van der Waals surface area (Å²) in [5, 5.41) is 11.2. The number of hydrogen-bond acceptors (Lipinski definition) is 6. The predicted octanol–water partition coefficient (Wildman–Crippen LogP) is 15.0. The molecule has 13 rings (SSSR count). The van der Waals surface area contributed by atoms with Crippen LogP contribution < -0.4 is 0 Å². The van der Waals surface area contributed by atoms with Gasteiger partial charge in [0.2, 0.25) is 0 Å². The van der Waals surface area contributed by atoms with Crippen molar-refractivity contribution in [1.82, 2.24) is 15.0 Å². The first kappa shape index (κ1) is 32.4. The number of benzene rings is 9. The molecule has 0 aliphatic heterocycles. The molecule has 0 amide bonds. The largest absolute Gasteiger partial charge is 0.456 e. The van der Waals surface area contributed by atoms with Gasteiger partial charge in [0.05, 0.1) is 5.56 Å². The first-order valence-corrected chi connectivity index (χ1v) is 20.5. The van der Waals surface area contributed by atoms with Gasteiger partial charge < -0.3 is 8.83 Å². The molecular formula is C53H29N3O2S. The number of hydrogen-bond donors (Lipinski definition) is 0. The monoisotopic (exact) mass is 771 g/mol. The van der Waals surface area contributed by atoms with Crippen molar-refractivity contribution in [1.29, 1.82) is 0 Å². The quantitative estimate of drug-likeness (QED) is 0.178. The summed E-state index contributed by atoms with van der Waals surface area (Å²) in [7, 11) is 0. The molecule has 0 N–H and O–H groups in total. The Morgan fingerprint density at radius 1 is 0.373 bits per heavy atom. The molecule has 4 aromatic heterocycles. The summed E-state index contributed by atoms with van der Waals surface area (Å²) < 4.78 is 15.7. The standard InChI is InChI=1S/C53H29N3O2S/c1-2-13-32-29-33(24-23-30(32)11-1)51-54-52(41-19-9-18-38-35-15-5-7-20-42(35)58-49(38)41)56-53(55-51)48-37(27-28-44-47(48)39-16-6-8-21-43(39)57-44)36-17-10-22-45-46(36)40-26-25-31-12-3-4-14-34(31)50(40)59-45/h1-29H. The van der Waals surface area contributed by atoms with Crippen LogP contribution in [-0.4, -0.2) is 15.0 Å². The fourth-order valence-electron chi connectivity index (χ4n) is 9.04. The number of thiophene rings is 1. The summed E-state index contributed by atoms with van der Waals surface area (Å²) >= 11 is 1.84. The van der Waals surface area contributed by atoms with Crippen molar-refractivity contribution in [2.75, 3.05) is 0 Å². The Balaban J connectivity index is 1.16. The highest BCUT2D eigenvalue weighted by Crippen LogP contribution is 2.48. The van der Waals surface area contributed by atoms with Gasteiger partial charge in [0.15, 0.2) is 17.5 Å². The molecule has 274 valence electrons. The molecule has 9 aromatic carbocycles. The van der Waals surface area contributed by atoms with Gasteiger partial charge in [-0.2, -0.15) is 0 Å². The topological polar surface area (TPSA) is 65.0 Å². The van der Waals surface area contributed by atoms with Gasteiger partial charge in [0.25, 0.3) is 0 Å². The minimum Gasteiger partial charge on any atom is -0.456 e. The molecule has 0 saturated carbocycles. The molecule has 0 atom stereocenters. The number of para-hydroxylation sites is 3. The lowest BCUT2D eigenvalue weighted by Gasteiger charge is -2.15. The Labute approximate surface area is 340 Å². The van der Waals surface area contributed by atoms with Crippen LogP contribution in [0.25, 0.3) is 131 Å². The number of aromatic nitrogens is 3. The number of nitrogens with zero attached hydrogens (tertiary/aromatic N) is 3. The van der Waals surface area contributed by atoms with Gasteiger partial charge in [-0.3, -0.25) is 0 Å². The second-order valence-corrected chi connectivity index (χ2v) is 16.1. The molecule has 13 aromatic rings. The van der Waals surface area contributed by atoms with Gasteiger partial charge >= 0.3 is 0 Å². The van der Waals surface area contributed by atoms with E-state index >= 15 is 0 Å². The molecule has 0 radical (unpaired) electrons. The summed E-state index contributed by atoms with van der Waals surface area (Å²) in [4.78, 5) is 16.2. The lowest BCUT2D eigenvalue weighted by atomic mass is 9.91. The van der Waals surface area contributed by atoms with Crippen molar-refractivity contribution in [2.45, 2.75) is 0 Å². The first-order valence-electron chi connectivity index (χ1n) is 19.7. The fourth-order valence-corrected chi connectivity index (χ4v) is 10.3. The summed E-state index contributed by atoms with van der Waals surface area (Å²) in [6.45, 7) is 0. The normalized spacial score (nSPS) is 12.1. The third kappa shape index (κ3) is 4.87. The lowest BCUT2D eigenvalue weighted by Crippen LogP contribution is -2.02. The zero-order chi connectivity index (χ0) is 38.6. The Hall–Kier alpha value is -7.67. The molecule has 0 saturated heterocycles. The Morgan fingerprint density at radius 2 is 1.05 bits per heavy atom. The van der Waals surface area contributed by atoms with Gasteiger partial charge in [-0.25, -0.2) is 15.0 Å². The van der Waals surface area contributed by atoms with E-state index in [4.69, 9.17) is 23.8 Å². The van der Waals surface area contributed by atoms with Crippen molar-refractivity contribution in [3.8, 4) is 45.3 Å². The molecular weight excluding hydrogens is 743 g/mol. The third-order valence-corrected chi connectivity index (χ3v) is 12.9. The van der Waals surface area contributed by atoms with Crippen molar-refractivity contribution < 1.29 is 8.83 Å². The molecule has 6 heteroatoms. The second-order valence-electron chi connectivity index (χ2n) is 15.1. The van der Waals surface area contributed by atoms with Gasteiger partial charge in [-0.05, 0) is 75.1 Å². The second kappa shape index (κ2) is 12.4. The van der Waals surface area contributed by atoms with Crippen LogP contribution >= 0.6 is 11.3 Å². The Kier molecular flexibility index (Phi) is 6.82. The molecule has 5 nitrogen and oxygen atoms in total. The van der Waals surface area contributed by atoms with Gasteiger partial charge in [0, 0.05) is 52.8 Å². The van der Waals surface area contributed by atoms with E-state index in [0.29, 0.717) is 17.5 Å². The average Bonchev–Trinajstić information content (AvgIpc) is 4.00. The zero-order valence-corrected chi connectivity index (χ0v) is 32.1. The number of rotatable bonds is 4. The molecule has 0 bridgehead atoms. The summed E-state index contributed by atoms with van der Waals surface area (Å²) in [6.07, 6.45) is 0. The summed E-state index contributed by atoms with van der Waals surface area (Å²) in [5.41, 5.74) is 7.86. The van der Waals surface area contributed by atoms with E-state index in [1.165, 1.54) is 30.9 Å². The van der Waals surface area contributed by atoms with Crippen LogP contribution in [0.1, 0.15) is 0 Å². The minimum absolute atomic E-state index is 0.532. The fraction of sp³-hybridized carbons (Fsp3) is 0. The van der Waals surface area contributed by atoms with Crippen LogP contribution in [-0.2, 0) is 0 Å². The van der Waals surface area contributed by atoms with Crippen LogP contribution in [0, 0.1) is 0 Å². The highest BCUT2D eigenvalue weighted by molar-refractivity contribution is 7.26. The van der Waals surface area contributed by atoms with Crippen LogP contribution in [0.5, 0.6) is 0 Å². The summed E-state index contributed by atoms with van der Waals surface area (Å²) in [5.74, 6) is 1.66. The Bertz CT molecular complexity index is 3870. The van der Waals surface area contributed by atoms with Crippen LogP contribution in [0.3, 0.4) is 0 Å². The molecule has 0 aliphatic rings. The van der Waals surface area contributed by atoms with E-state index in [0.717, 1.165) is 82.5 Å². The van der Waals surface area contributed by atoms with Gasteiger partial charge in [0.1, 0.15) is 22.3 Å². The van der Waals surface area contributed by atoms with Crippen LogP contribution in [0.2, 0.25) is 0 Å². The first-order chi connectivity index (χ1) is 29.2. The minimum atomic E-state index is 0.532. The molecule has 59 heavy (non-hydrogen) atoms. The van der Waals surface area contributed by atoms with Gasteiger partial charge in [-0.1, -0.05) is 133 Å². The molecule has 0 spiro atoms. The van der Waals surface area contributed by atoms with Gasteiger partial charge in [-0.15, -0.1) is 11.3 Å². The van der Waals surface area contributed by atoms with Crippen molar-refractivity contribution in [2.24, 2.45) is 0 Å². The maximum atomic E-state index is 6.59. The SMILES string of the molecule is c1ccc2cc(-c3nc(-c4cccc5c4oc4ccccc45)nc(-c4c(-c5cccc6sc7c8ccccc8ccc7c56)ccc5oc6ccccc6c45)n3)ccc2c1. The maximum Gasteiger partial charge on any atom is 0.167 e. The lowest BCUT2D eigenvalue weighted by molar-refractivity contribution is 0.668. The maximum absolute atomic E-state index is 6.59. The zero-order valence-electron chi connectivity index (χ0n) is 31.3. The number of fused-ring (bicyclic) bond motifs is 12. The van der Waals surface area contributed by atoms with E-state index < -0.39 is 0 Å². The highest BCUT2D eigenvalue weighted by Gasteiger charge is 2.25. The molecule has 0 aliphatic carbocycles. The van der Waals surface area contributed by atoms with E-state index in [-0.39, 0.29) is 0 Å². The van der Waals surface area contributed by atoms with Crippen molar-refractivity contribution in [3.05, 3.63) is 176 Å². The van der Waals surface area contributed by atoms with Crippen molar-refractivity contribution >= 4 is 96.9 Å². The smallest absolute Gasteiger partial charge is 0.167 e. The van der Waals surface area contributed by atoms with Crippen molar-refractivity contribution in [3.63, 3.8) is 0 Å². The van der Waals surface area contributed by atoms with E-state index in [2.05, 4.69) is 140 Å². The van der Waals surface area contributed by atoms with E-state index in [1.54, 1.807) is 0 Å². The third-order valence-electron chi connectivity index (χ3n) is 11.7.